The van der Waals surface area contributed by atoms with Crippen LogP contribution in [0.1, 0.15) is 37.2 Å². The quantitative estimate of drug-likeness (QED) is 0.858. The number of carbonyl (C=O) groups excluding carboxylic acids is 2. The second-order valence-electron chi connectivity index (χ2n) is 8.06. The summed E-state index contributed by atoms with van der Waals surface area (Å²) >= 11 is 0. The van der Waals surface area contributed by atoms with Crippen LogP contribution in [0.3, 0.4) is 0 Å². The van der Waals surface area contributed by atoms with E-state index >= 15 is 0 Å². The molecular formula is C20H23FN4O2. The Balaban J connectivity index is 1.48. The first-order chi connectivity index (χ1) is 13.1. The molecule has 6 nitrogen and oxygen atoms in total. The average molecular weight is 370 g/mol. The smallest absolute Gasteiger partial charge is 0.270 e. The van der Waals surface area contributed by atoms with Crippen LogP contribution in [0.5, 0.6) is 0 Å². The molecule has 0 aromatic heterocycles. The molecular weight excluding hydrogens is 347 g/mol. The number of hydrogen-bond acceptors (Lipinski definition) is 4. The van der Waals surface area contributed by atoms with Crippen LogP contribution >= 0.6 is 0 Å². The molecule has 2 amide bonds. The van der Waals surface area contributed by atoms with E-state index in [0.29, 0.717) is 31.0 Å². The summed E-state index contributed by atoms with van der Waals surface area (Å²) in [4.78, 5) is 29.1. The topological polar surface area (TPSA) is 65.0 Å². The number of carbonyl (C=O) groups is 2. The summed E-state index contributed by atoms with van der Waals surface area (Å²) in [7, 11) is 0. The fourth-order valence-corrected chi connectivity index (χ4v) is 5.45. The van der Waals surface area contributed by atoms with E-state index in [0.717, 1.165) is 31.5 Å². The maximum Gasteiger partial charge on any atom is 0.270 e. The van der Waals surface area contributed by atoms with Crippen LogP contribution < -0.4 is 5.43 Å². The maximum absolute atomic E-state index is 13.4. The lowest BCUT2D eigenvalue weighted by Crippen LogP contribution is -2.61. The third-order valence-corrected chi connectivity index (χ3v) is 6.70. The fourth-order valence-electron chi connectivity index (χ4n) is 5.45. The number of amides is 2. The minimum Gasteiger partial charge on any atom is -0.332 e. The van der Waals surface area contributed by atoms with Gasteiger partial charge in [0.1, 0.15) is 11.5 Å². The maximum atomic E-state index is 13.4. The summed E-state index contributed by atoms with van der Waals surface area (Å²) in [5.41, 5.74) is 3.98. The Morgan fingerprint density at radius 3 is 2.52 bits per heavy atom. The SMILES string of the molecule is O=C1CCC(C(=O)N2C[C@H](c3ccc(F)cc3)[C@H]3[C@@H]2C2CCN3CC2)=NN1. The molecule has 2 bridgehead atoms. The zero-order valence-electron chi connectivity index (χ0n) is 15.1. The highest BCUT2D eigenvalue weighted by molar-refractivity contribution is 6.39. The van der Waals surface area contributed by atoms with Crippen molar-refractivity contribution >= 4 is 17.5 Å². The van der Waals surface area contributed by atoms with Gasteiger partial charge in [0, 0.05) is 31.3 Å². The molecule has 27 heavy (non-hydrogen) atoms. The summed E-state index contributed by atoms with van der Waals surface area (Å²) in [6.45, 7) is 2.77. The predicted molar refractivity (Wildman–Crippen MR) is 97.5 cm³/mol. The van der Waals surface area contributed by atoms with E-state index in [2.05, 4.69) is 15.4 Å². The lowest BCUT2D eigenvalue weighted by molar-refractivity contribution is -0.129. The van der Waals surface area contributed by atoms with Crippen molar-refractivity contribution < 1.29 is 14.0 Å². The molecule has 0 radical (unpaired) electrons. The van der Waals surface area contributed by atoms with Crippen molar-refractivity contribution in [1.29, 1.82) is 0 Å². The van der Waals surface area contributed by atoms with Crippen LogP contribution in [0.2, 0.25) is 0 Å². The molecule has 6 rings (SSSR count). The Kier molecular flexibility index (Phi) is 4.00. The van der Waals surface area contributed by atoms with Gasteiger partial charge >= 0.3 is 0 Å². The summed E-state index contributed by atoms with van der Waals surface area (Å²) in [6, 6.07) is 7.18. The molecule has 1 N–H and O–H groups in total. The number of fused-ring (bicyclic) bond motifs is 2. The first kappa shape index (κ1) is 16.9. The molecule has 4 fully saturated rings. The van der Waals surface area contributed by atoms with E-state index in [4.69, 9.17) is 0 Å². The first-order valence-electron chi connectivity index (χ1n) is 9.78. The third kappa shape index (κ3) is 2.76. The summed E-state index contributed by atoms with van der Waals surface area (Å²) in [6.07, 6.45) is 2.94. The third-order valence-electron chi connectivity index (χ3n) is 6.70. The number of piperidine rings is 3. The van der Waals surface area contributed by atoms with Crippen LogP contribution in [-0.4, -0.2) is 59.0 Å². The van der Waals surface area contributed by atoms with Crippen molar-refractivity contribution in [2.45, 2.75) is 43.7 Å². The first-order valence-corrected chi connectivity index (χ1v) is 9.78. The molecule has 4 saturated heterocycles. The molecule has 0 spiro atoms. The Labute approximate surface area is 157 Å². The van der Waals surface area contributed by atoms with Crippen LogP contribution in [0.25, 0.3) is 0 Å². The van der Waals surface area contributed by atoms with Gasteiger partial charge in [-0.1, -0.05) is 12.1 Å². The van der Waals surface area contributed by atoms with Crippen molar-refractivity contribution in [1.82, 2.24) is 15.2 Å². The van der Waals surface area contributed by atoms with E-state index < -0.39 is 0 Å². The van der Waals surface area contributed by atoms with E-state index in [1.54, 1.807) is 0 Å². The van der Waals surface area contributed by atoms with Gasteiger partial charge in [-0.25, -0.2) is 9.82 Å². The van der Waals surface area contributed by atoms with E-state index in [9.17, 15) is 14.0 Å². The van der Waals surface area contributed by atoms with Gasteiger partial charge in [-0.15, -0.1) is 0 Å². The van der Waals surface area contributed by atoms with Crippen LogP contribution in [0.4, 0.5) is 4.39 Å². The van der Waals surface area contributed by atoms with Crippen LogP contribution in [0, 0.1) is 11.7 Å². The summed E-state index contributed by atoms with van der Waals surface area (Å²) in [5, 5.41) is 4.03. The Morgan fingerprint density at radius 1 is 1.11 bits per heavy atom. The highest BCUT2D eigenvalue weighted by Gasteiger charge is 2.55. The number of rotatable bonds is 2. The van der Waals surface area contributed by atoms with Gasteiger partial charge in [0.2, 0.25) is 5.91 Å². The lowest BCUT2D eigenvalue weighted by atomic mass is 9.75. The highest BCUT2D eigenvalue weighted by atomic mass is 19.1. The summed E-state index contributed by atoms with van der Waals surface area (Å²) in [5.74, 6) is 0.259. The molecule has 3 atom stereocenters. The van der Waals surface area contributed by atoms with E-state index in [1.165, 1.54) is 12.1 Å². The number of likely N-dealkylation sites (tertiary alicyclic amines) is 1. The predicted octanol–water partition coefficient (Wildman–Crippen LogP) is 1.48. The van der Waals surface area contributed by atoms with Gasteiger partial charge in [0.25, 0.3) is 5.91 Å². The lowest BCUT2D eigenvalue weighted by Gasteiger charge is -2.51. The van der Waals surface area contributed by atoms with Crippen molar-refractivity contribution in [2.75, 3.05) is 19.6 Å². The second kappa shape index (κ2) is 6.41. The molecule has 142 valence electrons. The van der Waals surface area contributed by atoms with Crippen molar-refractivity contribution in [3.63, 3.8) is 0 Å². The molecule has 1 aromatic carbocycles. The number of hydrazone groups is 1. The summed E-state index contributed by atoms with van der Waals surface area (Å²) < 4.78 is 13.4. The molecule has 1 aromatic rings. The van der Waals surface area contributed by atoms with Gasteiger partial charge in [-0.05, 0) is 49.5 Å². The molecule has 7 heteroatoms. The van der Waals surface area contributed by atoms with Crippen molar-refractivity contribution in [2.24, 2.45) is 11.0 Å². The molecule has 0 aliphatic carbocycles. The van der Waals surface area contributed by atoms with Crippen molar-refractivity contribution in [3.05, 3.63) is 35.6 Å². The van der Waals surface area contributed by atoms with Gasteiger partial charge < -0.3 is 4.90 Å². The average Bonchev–Trinajstić information content (AvgIpc) is 3.12. The Bertz CT molecular complexity index is 801. The minimum atomic E-state index is -0.237. The largest absolute Gasteiger partial charge is 0.332 e. The molecule has 5 aliphatic rings. The van der Waals surface area contributed by atoms with Crippen molar-refractivity contribution in [3.8, 4) is 0 Å². The van der Waals surface area contributed by atoms with Gasteiger partial charge in [-0.2, -0.15) is 5.10 Å². The zero-order valence-corrected chi connectivity index (χ0v) is 15.1. The van der Waals surface area contributed by atoms with Gasteiger partial charge in [0.15, 0.2) is 0 Å². The second-order valence-corrected chi connectivity index (χ2v) is 8.06. The molecule has 5 heterocycles. The standard InChI is InChI=1S/C20H23FN4O2/c21-14-3-1-12(2-4-14)15-11-25(20(27)16-5-6-17(26)23-22-16)18-13-7-9-24(10-8-13)19(15)18/h1-4,13,15,18-19H,5-11H2,(H,23,26)/t15-,18+,19+/m1/s1. The van der Waals surface area contributed by atoms with Gasteiger partial charge in [-0.3, -0.25) is 14.5 Å². The van der Waals surface area contributed by atoms with Gasteiger partial charge in [0.05, 0.1) is 6.04 Å². The number of benzene rings is 1. The van der Waals surface area contributed by atoms with E-state index in [1.807, 2.05) is 17.0 Å². The monoisotopic (exact) mass is 370 g/mol. The number of nitrogens with zero attached hydrogens (tertiary/aromatic N) is 3. The minimum absolute atomic E-state index is 0.0524. The van der Waals surface area contributed by atoms with E-state index in [-0.39, 0.29) is 35.6 Å². The van der Waals surface area contributed by atoms with Crippen LogP contribution in [0.15, 0.2) is 29.4 Å². The molecule has 0 saturated carbocycles. The highest BCUT2D eigenvalue weighted by Crippen LogP contribution is 2.46. The zero-order chi connectivity index (χ0) is 18.5. The fraction of sp³-hybridized carbons (Fsp3) is 0.550. The van der Waals surface area contributed by atoms with Crippen LogP contribution in [-0.2, 0) is 9.59 Å². The molecule has 5 aliphatic heterocycles. The Morgan fingerprint density at radius 2 is 1.85 bits per heavy atom. The number of halogens is 1. The number of hydrogen-bond donors (Lipinski definition) is 1. The normalized spacial score (nSPS) is 34.9. The Hall–Kier alpha value is -2.28. The molecule has 0 unspecified atom stereocenters. The number of nitrogens with one attached hydrogen (secondary N) is 1.